The van der Waals surface area contributed by atoms with E-state index in [0.717, 1.165) is 37.8 Å². The average molecular weight is 553 g/mol. The van der Waals surface area contributed by atoms with Crippen LogP contribution in [0.15, 0.2) is 74.7 Å². The van der Waals surface area contributed by atoms with Crippen molar-refractivity contribution >= 4 is 60.8 Å². The highest BCUT2D eigenvalue weighted by Gasteiger charge is 2.42. The third-order valence-corrected chi connectivity index (χ3v) is 6.70. The van der Waals surface area contributed by atoms with Gasteiger partial charge in [0.2, 0.25) is 6.23 Å². The summed E-state index contributed by atoms with van der Waals surface area (Å²) in [7, 11) is 0. The van der Waals surface area contributed by atoms with Gasteiger partial charge < -0.3 is 4.74 Å². The van der Waals surface area contributed by atoms with Crippen molar-refractivity contribution in [2.45, 2.75) is 18.7 Å². The molecule has 3 aromatic rings. The Kier molecular flexibility index (Phi) is 5.11. The Morgan fingerprint density at radius 2 is 1.59 bits per heavy atom. The van der Waals surface area contributed by atoms with Gasteiger partial charge in [0, 0.05) is 31.5 Å². The molecule has 0 radical (unpaired) electrons. The number of halogens is 4. The van der Waals surface area contributed by atoms with Crippen molar-refractivity contribution < 1.29 is 4.74 Å². The number of hydrogen-bond acceptors (Lipinski definition) is 3. The van der Waals surface area contributed by atoms with Crippen LogP contribution in [0.5, 0.6) is 5.75 Å². The Morgan fingerprint density at radius 3 is 2.28 bits per heavy atom. The summed E-state index contributed by atoms with van der Waals surface area (Å²) in [6.45, 7) is 0. The van der Waals surface area contributed by atoms with E-state index in [4.69, 9.17) is 33.0 Å². The van der Waals surface area contributed by atoms with Crippen molar-refractivity contribution in [3.8, 4) is 5.75 Å². The first-order valence-corrected chi connectivity index (χ1v) is 11.4. The van der Waals surface area contributed by atoms with Crippen LogP contribution in [0.1, 0.15) is 35.4 Å². The molecule has 7 heteroatoms. The molecule has 0 N–H and O–H groups in total. The average Bonchev–Trinajstić information content (AvgIpc) is 3.14. The summed E-state index contributed by atoms with van der Waals surface area (Å²) in [5, 5.41) is 8.10. The summed E-state index contributed by atoms with van der Waals surface area (Å²) in [5.41, 5.74) is 4.08. The summed E-state index contributed by atoms with van der Waals surface area (Å²) in [4.78, 5) is 0. The fraction of sp³-hybridized carbons (Fsp3) is 0.136. The van der Waals surface area contributed by atoms with Crippen LogP contribution in [0.4, 0.5) is 0 Å². The topological polar surface area (TPSA) is 24.8 Å². The highest BCUT2D eigenvalue weighted by Crippen LogP contribution is 2.50. The van der Waals surface area contributed by atoms with E-state index in [-0.39, 0.29) is 12.3 Å². The minimum atomic E-state index is -0.368. The molecule has 146 valence electrons. The van der Waals surface area contributed by atoms with Crippen LogP contribution in [-0.4, -0.2) is 10.7 Å². The molecule has 29 heavy (non-hydrogen) atoms. The van der Waals surface area contributed by atoms with E-state index in [9.17, 15) is 0 Å². The van der Waals surface area contributed by atoms with Crippen molar-refractivity contribution in [3.05, 3.63) is 96.3 Å². The Labute approximate surface area is 195 Å². The first kappa shape index (κ1) is 19.4. The lowest BCUT2D eigenvalue weighted by atomic mass is 9.96. The second kappa shape index (κ2) is 7.62. The molecular weight excluding hydrogens is 539 g/mol. The predicted molar refractivity (Wildman–Crippen MR) is 124 cm³/mol. The standard InChI is InChI=1S/C22H14Br2Cl2N2O/c23-14-5-1-12(2-6-14)19-11-20-17-9-16(25)10-18(26)21(17)29-22(28(20)27-19)13-3-7-15(24)8-4-13/h1-10,20,22H,11H2. The SMILES string of the molecule is Clc1cc(Cl)c2c(c1)C1CC(c3ccc(Br)cc3)=NN1C(c1ccc(Br)cc1)O2. The minimum Gasteiger partial charge on any atom is -0.463 e. The summed E-state index contributed by atoms with van der Waals surface area (Å²) < 4.78 is 8.42. The van der Waals surface area contributed by atoms with Crippen LogP contribution >= 0.6 is 55.1 Å². The second-order valence-electron chi connectivity index (χ2n) is 6.98. The molecule has 2 aliphatic heterocycles. The molecule has 2 unspecified atom stereocenters. The molecule has 0 fully saturated rings. The number of nitrogens with zero attached hydrogens (tertiary/aromatic N) is 2. The van der Waals surface area contributed by atoms with E-state index in [1.165, 1.54) is 0 Å². The van der Waals surface area contributed by atoms with Gasteiger partial charge in [-0.3, -0.25) is 0 Å². The molecule has 0 amide bonds. The number of ether oxygens (including phenoxy) is 1. The lowest BCUT2D eigenvalue weighted by Gasteiger charge is -2.38. The van der Waals surface area contributed by atoms with Gasteiger partial charge in [-0.1, -0.05) is 79.3 Å². The Morgan fingerprint density at radius 1 is 0.931 bits per heavy atom. The Hall–Kier alpha value is -1.53. The van der Waals surface area contributed by atoms with Crippen LogP contribution in [0.3, 0.4) is 0 Å². The molecule has 0 aromatic heterocycles. The summed E-state index contributed by atoms with van der Waals surface area (Å²) in [5.74, 6) is 0.678. The zero-order valence-electron chi connectivity index (χ0n) is 14.9. The van der Waals surface area contributed by atoms with E-state index in [2.05, 4.69) is 44.0 Å². The quantitative estimate of drug-likeness (QED) is 0.324. The van der Waals surface area contributed by atoms with Crippen molar-refractivity contribution in [3.63, 3.8) is 0 Å². The molecule has 0 spiro atoms. The van der Waals surface area contributed by atoms with Gasteiger partial charge in [0.25, 0.3) is 0 Å². The molecule has 5 rings (SSSR count). The normalized spacial score (nSPS) is 20.0. The minimum absolute atomic E-state index is 0.00208. The molecule has 0 bridgehead atoms. The fourth-order valence-electron chi connectivity index (χ4n) is 3.78. The largest absolute Gasteiger partial charge is 0.463 e. The molecule has 0 saturated heterocycles. The molecule has 0 aliphatic carbocycles. The van der Waals surface area contributed by atoms with Gasteiger partial charge in [-0.15, -0.1) is 0 Å². The number of fused-ring (bicyclic) bond motifs is 3. The third-order valence-electron chi connectivity index (χ3n) is 5.14. The smallest absolute Gasteiger partial charge is 0.213 e. The zero-order valence-corrected chi connectivity index (χ0v) is 19.6. The van der Waals surface area contributed by atoms with Gasteiger partial charge in [-0.05, 0) is 42.0 Å². The fourth-order valence-corrected chi connectivity index (χ4v) is 4.86. The first-order valence-electron chi connectivity index (χ1n) is 9.02. The van der Waals surface area contributed by atoms with Crippen LogP contribution < -0.4 is 4.74 Å². The Balaban J connectivity index is 1.62. The van der Waals surface area contributed by atoms with Gasteiger partial charge in [0.05, 0.1) is 16.8 Å². The molecule has 3 aromatic carbocycles. The monoisotopic (exact) mass is 550 g/mol. The number of rotatable bonds is 2. The van der Waals surface area contributed by atoms with Crippen LogP contribution in [0.25, 0.3) is 0 Å². The summed E-state index contributed by atoms with van der Waals surface area (Å²) in [6, 6.07) is 19.9. The maximum Gasteiger partial charge on any atom is 0.213 e. The van der Waals surface area contributed by atoms with Gasteiger partial charge in [0.15, 0.2) is 0 Å². The second-order valence-corrected chi connectivity index (χ2v) is 9.66. The zero-order chi connectivity index (χ0) is 20.1. The molecule has 2 atom stereocenters. The highest BCUT2D eigenvalue weighted by atomic mass is 79.9. The van der Waals surface area contributed by atoms with Crippen molar-refractivity contribution in [1.82, 2.24) is 5.01 Å². The maximum absolute atomic E-state index is 6.51. The van der Waals surface area contributed by atoms with Gasteiger partial charge in [0.1, 0.15) is 5.75 Å². The van der Waals surface area contributed by atoms with Crippen LogP contribution in [0.2, 0.25) is 10.0 Å². The van der Waals surface area contributed by atoms with Gasteiger partial charge in [-0.25, -0.2) is 5.01 Å². The van der Waals surface area contributed by atoms with Crippen LogP contribution in [-0.2, 0) is 0 Å². The van der Waals surface area contributed by atoms with Crippen LogP contribution in [0, 0.1) is 0 Å². The van der Waals surface area contributed by atoms with Gasteiger partial charge in [-0.2, -0.15) is 5.10 Å². The number of hydrogen-bond donors (Lipinski definition) is 0. The molecule has 0 saturated carbocycles. The molecule has 2 heterocycles. The number of benzene rings is 3. The Bertz CT molecular complexity index is 1120. The molecular formula is C22H14Br2Cl2N2O. The lowest BCUT2D eigenvalue weighted by molar-refractivity contribution is -0.0189. The van der Waals surface area contributed by atoms with E-state index in [1.54, 1.807) is 6.07 Å². The van der Waals surface area contributed by atoms with Crippen molar-refractivity contribution in [2.24, 2.45) is 5.10 Å². The lowest BCUT2D eigenvalue weighted by Crippen LogP contribution is -2.33. The molecule has 3 nitrogen and oxygen atoms in total. The molecule has 2 aliphatic rings. The third kappa shape index (κ3) is 3.59. The van der Waals surface area contributed by atoms with Crippen molar-refractivity contribution in [2.75, 3.05) is 0 Å². The highest BCUT2D eigenvalue weighted by molar-refractivity contribution is 9.10. The first-order chi connectivity index (χ1) is 14.0. The maximum atomic E-state index is 6.51. The summed E-state index contributed by atoms with van der Waals surface area (Å²) in [6.07, 6.45) is 0.383. The van der Waals surface area contributed by atoms with E-state index < -0.39 is 0 Å². The number of hydrazone groups is 1. The summed E-state index contributed by atoms with van der Waals surface area (Å²) >= 11 is 19.8. The van der Waals surface area contributed by atoms with E-state index in [1.807, 2.05) is 47.5 Å². The van der Waals surface area contributed by atoms with Crippen molar-refractivity contribution in [1.29, 1.82) is 0 Å². The van der Waals surface area contributed by atoms with E-state index in [0.29, 0.717) is 15.8 Å². The van der Waals surface area contributed by atoms with E-state index >= 15 is 0 Å². The van der Waals surface area contributed by atoms with Gasteiger partial charge >= 0.3 is 0 Å². The predicted octanol–water partition coefficient (Wildman–Crippen LogP) is 7.76.